The first-order valence-electron chi connectivity index (χ1n) is 4.61. The van der Waals surface area contributed by atoms with Crippen LogP contribution in [0.2, 0.25) is 5.02 Å². The van der Waals surface area contributed by atoms with E-state index in [1.54, 1.807) is 13.8 Å². The summed E-state index contributed by atoms with van der Waals surface area (Å²) in [7, 11) is 0. The molecule has 0 aliphatic heterocycles. The lowest BCUT2D eigenvalue weighted by atomic mass is 9.81. The molecule has 1 N–H and O–H groups in total. The normalized spacial score (nSPS) is 11.6. The minimum absolute atomic E-state index is 0.0984. The molecular weight excluding hydrogens is 238 g/mol. The first-order chi connectivity index (χ1) is 7.24. The third-order valence-electron chi connectivity index (χ3n) is 2.33. The number of rotatable bonds is 3. The molecule has 16 heavy (non-hydrogen) atoms. The number of hydrogen-bond donors (Lipinski definition) is 1. The first-order valence-corrected chi connectivity index (χ1v) is 4.98. The van der Waals surface area contributed by atoms with E-state index in [0.29, 0.717) is 6.07 Å². The molecule has 0 amide bonds. The fourth-order valence-corrected chi connectivity index (χ4v) is 1.68. The molecule has 1 rings (SSSR count). The third-order valence-corrected chi connectivity index (χ3v) is 2.62. The van der Waals surface area contributed by atoms with Crippen LogP contribution < -0.4 is 0 Å². The van der Waals surface area contributed by atoms with Gasteiger partial charge in [0.05, 0.1) is 11.4 Å². The summed E-state index contributed by atoms with van der Waals surface area (Å²) in [6.45, 7) is 3.13. The van der Waals surface area contributed by atoms with E-state index in [-0.39, 0.29) is 17.0 Å². The molecule has 88 valence electrons. The van der Waals surface area contributed by atoms with Crippen molar-refractivity contribution in [2.75, 3.05) is 0 Å². The summed E-state index contributed by atoms with van der Waals surface area (Å²) in [4.78, 5) is 10.6. The second-order valence-corrected chi connectivity index (χ2v) is 4.61. The van der Waals surface area contributed by atoms with E-state index in [2.05, 4.69) is 0 Å². The van der Waals surface area contributed by atoms with Gasteiger partial charge in [0.15, 0.2) is 0 Å². The zero-order chi connectivity index (χ0) is 12.5. The van der Waals surface area contributed by atoms with Crippen LogP contribution in [0.1, 0.15) is 25.8 Å². The molecule has 1 aromatic rings. The molecule has 0 atom stereocenters. The van der Waals surface area contributed by atoms with Crippen molar-refractivity contribution in [1.29, 1.82) is 0 Å². The zero-order valence-corrected chi connectivity index (χ0v) is 9.61. The lowest BCUT2D eigenvalue weighted by molar-refractivity contribution is -0.138. The van der Waals surface area contributed by atoms with Crippen LogP contribution in [-0.4, -0.2) is 11.1 Å². The van der Waals surface area contributed by atoms with Gasteiger partial charge < -0.3 is 5.11 Å². The van der Waals surface area contributed by atoms with Crippen LogP contribution >= 0.6 is 11.6 Å². The largest absolute Gasteiger partial charge is 0.481 e. The molecule has 5 heteroatoms. The van der Waals surface area contributed by atoms with Gasteiger partial charge in [-0.25, -0.2) is 8.78 Å². The average Bonchev–Trinajstić information content (AvgIpc) is 2.08. The van der Waals surface area contributed by atoms with E-state index < -0.39 is 23.0 Å². The molecule has 0 saturated heterocycles. The number of halogens is 3. The second kappa shape index (κ2) is 4.37. The van der Waals surface area contributed by atoms with Crippen LogP contribution in [0.3, 0.4) is 0 Å². The lowest BCUT2D eigenvalue weighted by Crippen LogP contribution is -2.23. The highest BCUT2D eigenvalue weighted by Gasteiger charge is 2.28. The summed E-state index contributed by atoms with van der Waals surface area (Å²) >= 11 is 5.54. The zero-order valence-electron chi connectivity index (χ0n) is 8.85. The quantitative estimate of drug-likeness (QED) is 0.833. The summed E-state index contributed by atoms with van der Waals surface area (Å²) in [5.41, 5.74) is -0.839. The van der Waals surface area contributed by atoms with E-state index in [4.69, 9.17) is 16.7 Å². The summed E-state index contributed by atoms with van der Waals surface area (Å²) in [6.07, 6.45) is -0.258. The molecule has 2 nitrogen and oxygen atoms in total. The Labute approximate surface area is 96.8 Å². The van der Waals surface area contributed by atoms with Gasteiger partial charge >= 0.3 is 5.97 Å². The Bertz CT molecular complexity index is 430. The van der Waals surface area contributed by atoms with E-state index >= 15 is 0 Å². The number of carboxylic acids is 1. The Hall–Kier alpha value is -1.16. The highest BCUT2D eigenvalue weighted by atomic mass is 35.5. The molecule has 0 saturated carbocycles. The SMILES string of the molecule is CC(C)(CC(=O)O)c1cc(Cl)c(F)cc1F. The number of benzene rings is 1. The summed E-state index contributed by atoms with van der Waals surface area (Å²) in [6, 6.07) is 1.80. The fraction of sp³-hybridized carbons (Fsp3) is 0.364. The van der Waals surface area contributed by atoms with Gasteiger partial charge in [-0.1, -0.05) is 25.4 Å². The van der Waals surface area contributed by atoms with Gasteiger partial charge in [-0.15, -0.1) is 0 Å². The van der Waals surface area contributed by atoms with E-state index in [1.807, 2.05) is 0 Å². The Kier molecular flexibility index (Phi) is 3.53. The molecule has 1 aromatic carbocycles. The molecule has 0 aliphatic rings. The third kappa shape index (κ3) is 2.70. The van der Waals surface area contributed by atoms with E-state index in [9.17, 15) is 13.6 Å². The smallest absolute Gasteiger partial charge is 0.304 e. The molecule has 0 unspecified atom stereocenters. The van der Waals surface area contributed by atoms with Gasteiger partial charge in [0, 0.05) is 11.5 Å². The number of carbonyl (C=O) groups is 1. The maximum Gasteiger partial charge on any atom is 0.304 e. The van der Waals surface area contributed by atoms with Gasteiger partial charge in [-0.3, -0.25) is 4.79 Å². The van der Waals surface area contributed by atoms with Crippen LogP contribution in [0.25, 0.3) is 0 Å². The Morgan fingerprint density at radius 2 is 1.94 bits per heavy atom. The van der Waals surface area contributed by atoms with Crippen molar-refractivity contribution in [3.63, 3.8) is 0 Å². The van der Waals surface area contributed by atoms with Crippen LogP contribution in [0.15, 0.2) is 12.1 Å². The highest BCUT2D eigenvalue weighted by Crippen LogP contribution is 2.32. The summed E-state index contributed by atoms with van der Waals surface area (Å²) < 4.78 is 26.4. The van der Waals surface area contributed by atoms with Gasteiger partial charge in [0.25, 0.3) is 0 Å². The van der Waals surface area contributed by atoms with Crippen LogP contribution in [-0.2, 0) is 10.2 Å². The molecule has 0 fully saturated rings. The lowest BCUT2D eigenvalue weighted by Gasteiger charge is -2.23. The Morgan fingerprint density at radius 1 is 1.38 bits per heavy atom. The Morgan fingerprint density at radius 3 is 2.44 bits per heavy atom. The van der Waals surface area contributed by atoms with E-state index in [1.165, 1.54) is 0 Å². The first kappa shape index (κ1) is 12.9. The second-order valence-electron chi connectivity index (χ2n) is 4.20. The monoisotopic (exact) mass is 248 g/mol. The van der Waals surface area contributed by atoms with Gasteiger partial charge in [-0.05, 0) is 11.6 Å². The van der Waals surface area contributed by atoms with Crippen LogP contribution in [0.4, 0.5) is 8.78 Å². The van der Waals surface area contributed by atoms with Gasteiger partial charge in [0.2, 0.25) is 0 Å². The van der Waals surface area contributed by atoms with Crippen LogP contribution in [0, 0.1) is 11.6 Å². The molecule has 0 spiro atoms. The molecule has 0 aliphatic carbocycles. The molecule has 0 heterocycles. The standard InChI is InChI=1S/C11H11ClF2O2/c1-11(2,5-10(15)16)6-3-7(12)9(14)4-8(6)13/h3-4H,5H2,1-2H3,(H,15,16). The summed E-state index contributed by atoms with van der Waals surface area (Å²) in [5, 5.41) is 8.48. The summed E-state index contributed by atoms with van der Waals surface area (Å²) in [5.74, 6) is -2.69. The molecule has 0 bridgehead atoms. The van der Waals surface area contributed by atoms with Crippen molar-refractivity contribution in [3.8, 4) is 0 Å². The van der Waals surface area contributed by atoms with Crippen LogP contribution in [0.5, 0.6) is 0 Å². The van der Waals surface area contributed by atoms with Crippen molar-refractivity contribution in [3.05, 3.63) is 34.4 Å². The number of aliphatic carboxylic acids is 1. The number of carboxylic acid groups (broad SMARTS) is 1. The predicted octanol–water partition coefficient (Wildman–Crippen LogP) is 3.37. The van der Waals surface area contributed by atoms with Crippen molar-refractivity contribution in [2.24, 2.45) is 0 Å². The maximum absolute atomic E-state index is 13.5. The average molecular weight is 249 g/mol. The van der Waals surface area contributed by atoms with E-state index in [0.717, 1.165) is 6.07 Å². The minimum atomic E-state index is -1.05. The van der Waals surface area contributed by atoms with Crippen molar-refractivity contribution in [2.45, 2.75) is 25.7 Å². The van der Waals surface area contributed by atoms with Gasteiger partial charge in [-0.2, -0.15) is 0 Å². The van der Waals surface area contributed by atoms with Gasteiger partial charge in [0.1, 0.15) is 11.6 Å². The topological polar surface area (TPSA) is 37.3 Å². The predicted molar refractivity (Wildman–Crippen MR) is 56.6 cm³/mol. The van der Waals surface area contributed by atoms with Crippen molar-refractivity contribution < 1.29 is 18.7 Å². The number of hydrogen-bond acceptors (Lipinski definition) is 1. The Balaban J connectivity index is 3.22. The highest BCUT2D eigenvalue weighted by molar-refractivity contribution is 6.30. The maximum atomic E-state index is 13.5. The van der Waals surface area contributed by atoms with Crippen molar-refractivity contribution in [1.82, 2.24) is 0 Å². The molecule has 0 radical (unpaired) electrons. The van der Waals surface area contributed by atoms with Crippen molar-refractivity contribution >= 4 is 17.6 Å². The molecular formula is C11H11ClF2O2. The fourth-order valence-electron chi connectivity index (χ4n) is 1.51. The minimum Gasteiger partial charge on any atom is -0.481 e. The molecule has 0 aromatic heterocycles.